The van der Waals surface area contributed by atoms with Gasteiger partial charge in [-0.1, -0.05) is 0 Å². The number of carbonyl (C=O) groups is 3. The molecule has 0 bridgehead atoms. The van der Waals surface area contributed by atoms with Crippen LogP contribution in [0.15, 0.2) is 11.6 Å². The van der Waals surface area contributed by atoms with Gasteiger partial charge in [0.05, 0.1) is 18.6 Å². The van der Waals surface area contributed by atoms with Gasteiger partial charge in [-0.3, -0.25) is 14.4 Å². The average molecular weight is 309 g/mol. The van der Waals surface area contributed by atoms with Crippen LogP contribution < -0.4 is 5.32 Å². The number of hydrogen-bond donors (Lipinski definition) is 1. The average Bonchev–Trinajstić information content (AvgIpc) is 2.78. The van der Waals surface area contributed by atoms with Crippen molar-refractivity contribution in [3.63, 3.8) is 0 Å². The fourth-order valence-corrected chi connectivity index (χ4v) is 2.87. The highest BCUT2D eigenvalue weighted by Gasteiger charge is 2.42. The van der Waals surface area contributed by atoms with Crippen LogP contribution in [0.1, 0.15) is 13.3 Å². The second-order valence-electron chi connectivity index (χ2n) is 5.88. The molecule has 0 aromatic rings. The van der Waals surface area contributed by atoms with Gasteiger partial charge in [-0.25, -0.2) is 0 Å². The van der Waals surface area contributed by atoms with Gasteiger partial charge in [-0.2, -0.15) is 0 Å². The number of carbonyl (C=O) groups excluding carboxylic acids is 3. The van der Waals surface area contributed by atoms with Crippen LogP contribution in [0.25, 0.3) is 0 Å². The fraction of sp³-hybridized carbons (Fsp3) is 0.667. The monoisotopic (exact) mass is 309 g/mol. The lowest BCUT2D eigenvalue weighted by Gasteiger charge is -2.43. The summed E-state index contributed by atoms with van der Waals surface area (Å²) in [7, 11) is 3.16. The van der Waals surface area contributed by atoms with Crippen molar-refractivity contribution < 1.29 is 19.1 Å². The van der Waals surface area contributed by atoms with E-state index in [1.165, 1.54) is 0 Å². The van der Waals surface area contributed by atoms with Crippen molar-refractivity contribution >= 4 is 17.7 Å². The molecule has 1 atom stereocenters. The van der Waals surface area contributed by atoms with E-state index in [0.29, 0.717) is 26.2 Å². The molecule has 7 nitrogen and oxygen atoms in total. The van der Waals surface area contributed by atoms with E-state index in [9.17, 15) is 14.4 Å². The molecule has 0 spiro atoms. The van der Waals surface area contributed by atoms with Gasteiger partial charge < -0.3 is 19.9 Å². The molecule has 2 heterocycles. The summed E-state index contributed by atoms with van der Waals surface area (Å²) in [6, 6.07) is 0.0298. The van der Waals surface area contributed by atoms with E-state index in [0.717, 1.165) is 5.57 Å². The van der Waals surface area contributed by atoms with Crippen molar-refractivity contribution in [2.75, 3.05) is 40.4 Å². The molecule has 0 aromatic carbocycles. The highest BCUT2D eigenvalue weighted by atomic mass is 16.5. The first kappa shape index (κ1) is 16.5. The second-order valence-corrected chi connectivity index (χ2v) is 5.88. The molecule has 1 unspecified atom stereocenters. The summed E-state index contributed by atoms with van der Waals surface area (Å²) < 4.78 is 4.97. The zero-order valence-electron chi connectivity index (χ0n) is 13.3. The highest BCUT2D eigenvalue weighted by molar-refractivity contribution is 5.91. The van der Waals surface area contributed by atoms with E-state index >= 15 is 0 Å². The molecule has 0 saturated carbocycles. The Bertz CT molecular complexity index is 497. The van der Waals surface area contributed by atoms with Crippen LogP contribution in [-0.2, 0) is 19.1 Å². The first-order valence-electron chi connectivity index (χ1n) is 7.42. The second kappa shape index (κ2) is 6.91. The Morgan fingerprint density at radius 1 is 1.36 bits per heavy atom. The van der Waals surface area contributed by atoms with Crippen LogP contribution in [-0.4, -0.2) is 74.0 Å². The first-order valence-corrected chi connectivity index (χ1v) is 7.42. The summed E-state index contributed by atoms with van der Waals surface area (Å²) in [5.74, 6) is -0.426. The molecule has 2 rings (SSSR count). The van der Waals surface area contributed by atoms with Crippen LogP contribution in [0, 0.1) is 5.92 Å². The number of rotatable bonds is 5. The molecular weight excluding hydrogens is 286 g/mol. The minimum atomic E-state index is -0.272. The molecule has 22 heavy (non-hydrogen) atoms. The number of nitrogens with zero attached hydrogens (tertiary/aromatic N) is 2. The van der Waals surface area contributed by atoms with Gasteiger partial charge in [0.25, 0.3) is 0 Å². The first-order chi connectivity index (χ1) is 10.5. The Hall–Kier alpha value is -1.89. The quantitative estimate of drug-likeness (QED) is 0.687. The van der Waals surface area contributed by atoms with Gasteiger partial charge in [0.15, 0.2) is 0 Å². The third kappa shape index (κ3) is 3.47. The van der Waals surface area contributed by atoms with Crippen molar-refractivity contribution in [3.05, 3.63) is 11.6 Å². The molecule has 3 amide bonds. The molecule has 7 heteroatoms. The lowest BCUT2D eigenvalue weighted by atomic mass is 10.1. The van der Waals surface area contributed by atoms with Crippen molar-refractivity contribution in [2.45, 2.75) is 19.4 Å². The molecule has 0 aliphatic carbocycles. The number of methoxy groups -OCH3 is 1. The number of likely N-dealkylation sites (tertiary alicyclic amines) is 2. The predicted octanol–water partition coefficient (Wildman–Crippen LogP) is -0.616. The Morgan fingerprint density at radius 3 is 2.64 bits per heavy atom. The minimum Gasteiger partial charge on any atom is -0.380 e. The maximum absolute atomic E-state index is 12.0. The third-order valence-corrected chi connectivity index (χ3v) is 4.13. The van der Waals surface area contributed by atoms with E-state index < -0.39 is 0 Å². The van der Waals surface area contributed by atoms with Gasteiger partial charge in [-0.05, 0) is 12.5 Å². The van der Waals surface area contributed by atoms with Gasteiger partial charge >= 0.3 is 0 Å². The molecule has 2 aliphatic rings. The molecule has 0 radical (unpaired) electrons. The van der Waals surface area contributed by atoms with Gasteiger partial charge in [0.1, 0.15) is 0 Å². The minimum absolute atomic E-state index is 0.00296. The fourth-order valence-electron chi connectivity index (χ4n) is 2.87. The van der Waals surface area contributed by atoms with Crippen LogP contribution in [0.4, 0.5) is 0 Å². The van der Waals surface area contributed by atoms with Crippen LogP contribution in [0.3, 0.4) is 0 Å². The number of hydrogen-bond acceptors (Lipinski definition) is 4. The summed E-state index contributed by atoms with van der Waals surface area (Å²) >= 11 is 0. The van der Waals surface area contributed by atoms with Crippen molar-refractivity contribution in [1.29, 1.82) is 0 Å². The standard InChI is InChI=1S/C15H23N3O4/c1-10(9-22-3)4-13(19)17-7-12(8-17)18-6-11(5-14(18)20)15(21)16-2/h4,11-12H,5-9H2,1-3H3,(H,16,21)/b10-4+. The highest BCUT2D eigenvalue weighted by Crippen LogP contribution is 2.25. The zero-order valence-corrected chi connectivity index (χ0v) is 13.3. The summed E-state index contributed by atoms with van der Waals surface area (Å²) in [4.78, 5) is 39.0. The van der Waals surface area contributed by atoms with Crippen LogP contribution in [0.5, 0.6) is 0 Å². The third-order valence-electron chi connectivity index (χ3n) is 4.13. The Morgan fingerprint density at radius 2 is 2.05 bits per heavy atom. The van der Waals surface area contributed by atoms with Crippen molar-refractivity contribution in [3.8, 4) is 0 Å². The lowest BCUT2D eigenvalue weighted by Crippen LogP contribution is -2.61. The van der Waals surface area contributed by atoms with E-state index in [2.05, 4.69) is 5.32 Å². The van der Waals surface area contributed by atoms with Crippen LogP contribution in [0.2, 0.25) is 0 Å². The maximum Gasteiger partial charge on any atom is 0.246 e. The normalized spacial score (nSPS) is 22.8. The van der Waals surface area contributed by atoms with Crippen molar-refractivity contribution in [1.82, 2.24) is 15.1 Å². The summed E-state index contributed by atoms with van der Waals surface area (Å²) in [6.07, 6.45) is 1.83. The molecular formula is C15H23N3O4. The smallest absolute Gasteiger partial charge is 0.246 e. The molecule has 2 saturated heterocycles. The van der Waals surface area contributed by atoms with Gasteiger partial charge in [-0.15, -0.1) is 0 Å². The molecule has 2 fully saturated rings. The van der Waals surface area contributed by atoms with Crippen LogP contribution >= 0.6 is 0 Å². The molecule has 0 aromatic heterocycles. The number of nitrogens with one attached hydrogen (secondary N) is 1. The molecule has 122 valence electrons. The van der Waals surface area contributed by atoms with Crippen molar-refractivity contribution in [2.24, 2.45) is 5.92 Å². The SMILES string of the molecule is CNC(=O)C1CC(=O)N(C2CN(C(=O)/C=C(\C)COC)C2)C1. The maximum atomic E-state index is 12.0. The Balaban J connectivity index is 1.84. The molecule has 1 N–H and O–H groups in total. The van der Waals surface area contributed by atoms with Gasteiger partial charge in [0.2, 0.25) is 17.7 Å². The predicted molar refractivity (Wildman–Crippen MR) is 79.9 cm³/mol. The van der Waals surface area contributed by atoms with Gasteiger partial charge in [0, 0.05) is 46.3 Å². The summed E-state index contributed by atoms with van der Waals surface area (Å²) in [5, 5.41) is 2.58. The topological polar surface area (TPSA) is 79.0 Å². The number of ether oxygens (including phenoxy) is 1. The number of amides is 3. The lowest BCUT2D eigenvalue weighted by molar-refractivity contribution is -0.141. The zero-order chi connectivity index (χ0) is 16.3. The molecule has 2 aliphatic heterocycles. The summed E-state index contributed by atoms with van der Waals surface area (Å²) in [6.45, 7) is 3.78. The van der Waals surface area contributed by atoms with E-state index in [-0.39, 0.29) is 36.1 Å². The van der Waals surface area contributed by atoms with E-state index in [1.54, 1.807) is 30.0 Å². The Kier molecular flexibility index (Phi) is 5.18. The van der Waals surface area contributed by atoms with E-state index in [1.807, 2.05) is 6.92 Å². The van der Waals surface area contributed by atoms with E-state index in [4.69, 9.17) is 4.74 Å². The Labute approximate surface area is 130 Å². The summed E-state index contributed by atoms with van der Waals surface area (Å²) in [5.41, 5.74) is 0.868. The largest absolute Gasteiger partial charge is 0.380 e.